The van der Waals surface area contributed by atoms with E-state index < -0.39 is 23.6 Å². The Labute approximate surface area is 120 Å². The van der Waals surface area contributed by atoms with Gasteiger partial charge in [-0.05, 0) is 39.7 Å². The van der Waals surface area contributed by atoms with Crippen molar-refractivity contribution in [1.82, 2.24) is 0 Å². The van der Waals surface area contributed by atoms with Crippen LogP contribution in [0.5, 0.6) is 0 Å². The zero-order chi connectivity index (χ0) is 14.2. The van der Waals surface area contributed by atoms with E-state index in [1.165, 1.54) is 12.1 Å². The molecule has 0 radical (unpaired) electrons. The first-order chi connectivity index (χ1) is 8.90. The van der Waals surface area contributed by atoms with Crippen LogP contribution in [0, 0.1) is 17.5 Å². The fourth-order valence-electron chi connectivity index (χ4n) is 1.66. The third kappa shape index (κ3) is 2.94. The zero-order valence-electron chi connectivity index (χ0n) is 9.30. The first kappa shape index (κ1) is 14.4. The molecule has 0 aromatic heterocycles. The second kappa shape index (κ2) is 5.53. The Kier molecular flexibility index (Phi) is 4.18. The maximum Gasteiger partial charge on any atom is 0.149 e. The largest absolute Gasteiger partial charge is 0.384 e. The molecule has 0 heterocycles. The number of benzene rings is 2. The molecule has 0 fully saturated rings. The molecule has 1 N–H and O–H groups in total. The van der Waals surface area contributed by atoms with E-state index in [4.69, 9.17) is 11.6 Å². The Morgan fingerprint density at radius 3 is 2.21 bits per heavy atom. The molecule has 0 amide bonds. The quantitative estimate of drug-likeness (QED) is 0.784. The van der Waals surface area contributed by atoms with E-state index in [0.717, 1.165) is 12.1 Å². The molecule has 19 heavy (non-hydrogen) atoms. The van der Waals surface area contributed by atoms with E-state index in [1.54, 1.807) is 0 Å². The molecule has 1 atom stereocenters. The predicted octanol–water partition coefficient (Wildman–Crippen LogP) is 4.60. The van der Waals surface area contributed by atoms with E-state index >= 15 is 0 Å². The monoisotopic (exact) mass is 350 g/mol. The van der Waals surface area contributed by atoms with Crippen LogP contribution < -0.4 is 0 Å². The van der Waals surface area contributed by atoms with Gasteiger partial charge in [-0.15, -0.1) is 0 Å². The van der Waals surface area contributed by atoms with E-state index in [0.29, 0.717) is 10.5 Å². The highest BCUT2D eigenvalue weighted by atomic mass is 79.9. The summed E-state index contributed by atoms with van der Waals surface area (Å²) < 4.78 is 40.4. The van der Waals surface area contributed by atoms with Crippen molar-refractivity contribution in [3.8, 4) is 0 Å². The van der Waals surface area contributed by atoms with Crippen LogP contribution in [-0.4, -0.2) is 5.11 Å². The first-order valence-electron chi connectivity index (χ1n) is 5.17. The summed E-state index contributed by atoms with van der Waals surface area (Å²) in [6, 6.07) is 5.27. The van der Waals surface area contributed by atoms with Gasteiger partial charge in [0.15, 0.2) is 0 Å². The van der Waals surface area contributed by atoms with Crippen LogP contribution in [0.3, 0.4) is 0 Å². The highest BCUT2D eigenvalue weighted by Gasteiger charge is 2.19. The molecule has 0 bridgehead atoms. The van der Waals surface area contributed by atoms with Crippen molar-refractivity contribution >= 4 is 27.5 Å². The van der Waals surface area contributed by atoms with Gasteiger partial charge in [-0.1, -0.05) is 17.7 Å². The molecule has 0 aliphatic carbocycles. The number of hydrogen-bond acceptors (Lipinski definition) is 1. The minimum atomic E-state index is -1.50. The zero-order valence-corrected chi connectivity index (χ0v) is 11.6. The molecule has 0 saturated carbocycles. The highest BCUT2D eigenvalue weighted by Crippen LogP contribution is 2.33. The van der Waals surface area contributed by atoms with Crippen LogP contribution in [0.2, 0.25) is 5.02 Å². The van der Waals surface area contributed by atoms with Gasteiger partial charge in [-0.3, -0.25) is 0 Å². The SMILES string of the molecule is OC(c1cc(F)cc(F)c1)c1ccc(Br)c(Cl)c1F. The molecule has 2 rings (SSSR count). The molecule has 2 aromatic carbocycles. The minimum absolute atomic E-state index is 0.0882. The number of hydrogen-bond donors (Lipinski definition) is 1. The Balaban J connectivity index is 2.50. The summed E-state index contributed by atoms with van der Waals surface area (Å²) in [6.07, 6.45) is -1.50. The van der Waals surface area contributed by atoms with Crippen LogP contribution >= 0.6 is 27.5 Å². The summed E-state index contributed by atoms with van der Waals surface area (Å²) in [6.45, 7) is 0. The third-order valence-corrected chi connectivity index (χ3v) is 3.82. The average molecular weight is 352 g/mol. The number of halogens is 5. The maximum atomic E-state index is 13.9. The number of aliphatic hydroxyl groups is 1. The van der Waals surface area contributed by atoms with Crippen molar-refractivity contribution in [1.29, 1.82) is 0 Å². The van der Waals surface area contributed by atoms with Gasteiger partial charge in [-0.25, -0.2) is 13.2 Å². The van der Waals surface area contributed by atoms with E-state index in [2.05, 4.69) is 15.9 Å². The second-order valence-electron chi connectivity index (χ2n) is 3.87. The molecular weight excluding hydrogens is 344 g/mol. The summed E-state index contributed by atoms with van der Waals surface area (Å²) in [7, 11) is 0. The van der Waals surface area contributed by atoms with Gasteiger partial charge in [0.05, 0.1) is 5.02 Å². The van der Waals surface area contributed by atoms with Gasteiger partial charge < -0.3 is 5.11 Å². The molecule has 0 saturated heterocycles. The summed E-state index contributed by atoms with van der Waals surface area (Å²) >= 11 is 8.73. The van der Waals surface area contributed by atoms with Crippen molar-refractivity contribution < 1.29 is 18.3 Å². The van der Waals surface area contributed by atoms with Crippen molar-refractivity contribution in [2.24, 2.45) is 0 Å². The maximum absolute atomic E-state index is 13.9. The number of rotatable bonds is 2. The summed E-state index contributed by atoms with van der Waals surface area (Å²) in [5.74, 6) is -2.54. The average Bonchev–Trinajstić information content (AvgIpc) is 2.34. The van der Waals surface area contributed by atoms with Crippen LogP contribution in [0.25, 0.3) is 0 Å². The number of aliphatic hydroxyl groups excluding tert-OH is 1. The second-order valence-corrected chi connectivity index (χ2v) is 5.10. The molecular formula is C13H7BrClF3O. The van der Waals surface area contributed by atoms with Crippen molar-refractivity contribution in [2.45, 2.75) is 6.10 Å². The van der Waals surface area contributed by atoms with Gasteiger partial charge >= 0.3 is 0 Å². The topological polar surface area (TPSA) is 20.2 Å². The van der Waals surface area contributed by atoms with Crippen LogP contribution in [-0.2, 0) is 0 Å². The highest BCUT2D eigenvalue weighted by molar-refractivity contribution is 9.10. The molecule has 2 aromatic rings. The Morgan fingerprint density at radius 1 is 1.05 bits per heavy atom. The Bertz CT molecular complexity index is 613. The van der Waals surface area contributed by atoms with E-state index in [1.807, 2.05) is 0 Å². The molecule has 1 nitrogen and oxygen atoms in total. The van der Waals surface area contributed by atoms with Crippen LogP contribution in [0.15, 0.2) is 34.8 Å². The lowest BCUT2D eigenvalue weighted by Crippen LogP contribution is -2.04. The molecule has 1 unspecified atom stereocenters. The Morgan fingerprint density at radius 2 is 1.63 bits per heavy atom. The van der Waals surface area contributed by atoms with E-state index in [9.17, 15) is 18.3 Å². The standard InChI is InChI=1S/C13H7BrClF3O/c14-10-2-1-9(12(18)11(10)15)13(19)6-3-7(16)5-8(17)4-6/h1-5,13,19H. The van der Waals surface area contributed by atoms with Gasteiger partial charge in [0.1, 0.15) is 23.6 Å². The molecule has 0 spiro atoms. The minimum Gasteiger partial charge on any atom is -0.384 e. The van der Waals surface area contributed by atoms with Gasteiger partial charge in [-0.2, -0.15) is 0 Å². The lowest BCUT2D eigenvalue weighted by atomic mass is 10.0. The van der Waals surface area contributed by atoms with Gasteiger partial charge in [0.25, 0.3) is 0 Å². The lowest BCUT2D eigenvalue weighted by Gasteiger charge is -2.14. The molecule has 0 aliphatic rings. The first-order valence-corrected chi connectivity index (χ1v) is 6.34. The smallest absolute Gasteiger partial charge is 0.149 e. The van der Waals surface area contributed by atoms with E-state index in [-0.39, 0.29) is 16.1 Å². The summed E-state index contributed by atoms with van der Waals surface area (Å²) in [4.78, 5) is 0. The summed E-state index contributed by atoms with van der Waals surface area (Å²) in [5, 5.41) is 9.79. The predicted molar refractivity (Wildman–Crippen MR) is 69.5 cm³/mol. The van der Waals surface area contributed by atoms with Crippen LogP contribution in [0.4, 0.5) is 13.2 Å². The molecule has 100 valence electrons. The fraction of sp³-hybridized carbons (Fsp3) is 0.0769. The van der Waals surface area contributed by atoms with Crippen LogP contribution in [0.1, 0.15) is 17.2 Å². The van der Waals surface area contributed by atoms with Crippen molar-refractivity contribution in [3.63, 3.8) is 0 Å². The van der Waals surface area contributed by atoms with Crippen molar-refractivity contribution in [3.05, 3.63) is 68.4 Å². The molecule has 0 aliphatic heterocycles. The third-order valence-electron chi connectivity index (χ3n) is 2.56. The molecule has 6 heteroatoms. The van der Waals surface area contributed by atoms with Gasteiger partial charge in [0.2, 0.25) is 0 Å². The lowest BCUT2D eigenvalue weighted by molar-refractivity contribution is 0.214. The van der Waals surface area contributed by atoms with Crippen molar-refractivity contribution in [2.75, 3.05) is 0 Å². The fourth-order valence-corrected chi connectivity index (χ4v) is 2.14. The van der Waals surface area contributed by atoms with Gasteiger partial charge in [0, 0.05) is 16.1 Å². The summed E-state index contributed by atoms with van der Waals surface area (Å²) in [5.41, 5.74) is -0.243. The normalized spacial score (nSPS) is 12.5. The Hall–Kier alpha value is -1.04.